The van der Waals surface area contributed by atoms with Crippen molar-refractivity contribution in [1.29, 1.82) is 0 Å². The molecule has 0 radical (unpaired) electrons. The van der Waals surface area contributed by atoms with Gasteiger partial charge in [0.05, 0.1) is 11.6 Å². The zero-order valence-corrected chi connectivity index (χ0v) is 15.9. The van der Waals surface area contributed by atoms with Gasteiger partial charge < -0.3 is 10.0 Å². The average Bonchev–Trinajstić information content (AvgIpc) is 2.72. The monoisotopic (exact) mass is 379 g/mol. The van der Waals surface area contributed by atoms with Gasteiger partial charge in [-0.3, -0.25) is 4.79 Å². The summed E-state index contributed by atoms with van der Waals surface area (Å²) in [4.78, 5) is 14.9. The molecule has 2 aromatic carbocycles. The van der Waals surface area contributed by atoms with Crippen LogP contribution in [0.15, 0.2) is 60.7 Å². The first kappa shape index (κ1) is 18.9. The number of likely N-dealkylation sites (tertiary alicyclic amines) is 1. The summed E-state index contributed by atoms with van der Waals surface area (Å²) in [6.45, 7) is 0.507. The Labute approximate surface area is 165 Å². The Morgan fingerprint density at radius 3 is 2.57 bits per heavy atom. The lowest BCUT2D eigenvalue weighted by Gasteiger charge is -2.52. The number of fused-ring (bicyclic) bond motifs is 1. The quantitative estimate of drug-likeness (QED) is 0.783. The molecule has 28 heavy (non-hydrogen) atoms. The summed E-state index contributed by atoms with van der Waals surface area (Å²) in [6, 6.07) is 15.9. The number of carbonyl (C=O) groups excluding carboxylic acids is 1. The number of nitrogens with zero attached hydrogens (tertiary/aromatic N) is 1. The van der Waals surface area contributed by atoms with Crippen LogP contribution in [0.4, 0.5) is 4.39 Å². The second-order valence-corrected chi connectivity index (χ2v) is 7.98. The van der Waals surface area contributed by atoms with Crippen LogP contribution in [0, 0.1) is 11.7 Å². The molecule has 1 amide bonds. The van der Waals surface area contributed by atoms with Crippen molar-refractivity contribution in [3.05, 3.63) is 77.6 Å². The van der Waals surface area contributed by atoms with E-state index in [9.17, 15) is 14.3 Å². The fourth-order valence-electron chi connectivity index (χ4n) is 4.83. The Morgan fingerprint density at radius 1 is 1.07 bits per heavy atom. The summed E-state index contributed by atoms with van der Waals surface area (Å²) in [5, 5.41) is 11.3. The highest BCUT2D eigenvalue weighted by atomic mass is 19.1. The van der Waals surface area contributed by atoms with E-state index < -0.39 is 5.60 Å². The minimum Gasteiger partial charge on any atom is -0.389 e. The van der Waals surface area contributed by atoms with Gasteiger partial charge in [0.25, 0.3) is 0 Å². The van der Waals surface area contributed by atoms with Crippen molar-refractivity contribution in [2.75, 3.05) is 6.54 Å². The molecule has 1 heterocycles. The maximum Gasteiger partial charge on any atom is 0.247 e. The predicted octanol–water partition coefficient (Wildman–Crippen LogP) is 4.73. The Bertz CT molecular complexity index is 849. The minimum absolute atomic E-state index is 0.0189. The van der Waals surface area contributed by atoms with Crippen molar-refractivity contribution in [3.63, 3.8) is 0 Å². The molecule has 1 aliphatic heterocycles. The third-order valence-electron chi connectivity index (χ3n) is 6.28. The van der Waals surface area contributed by atoms with Crippen LogP contribution in [0.5, 0.6) is 0 Å². The third kappa shape index (κ3) is 3.74. The molecule has 1 saturated carbocycles. The highest BCUT2D eigenvalue weighted by molar-refractivity contribution is 5.92. The molecule has 2 aliphatic rings. The molecule has 0 unspecified atom stereocenters. The van der Waals surface area contributed by atoms with Crippen LogP contribution < -0.4 is 0 Å². The van der Waals surface area contributed by atoms with Crippen molar-refractivity contribution in [2.24, 2.45) is 5.92 Å². The molecule has 4 heteroatoms. The molecule has 0 spiro atoms. The Kier molecular flexibility index (Phi) is 5.31. The predicted molar refractivity (Wildman–Crippen MR) is 108 cm³/mol. The zero-order valence-electron chi connectivity index (χ0n) is 15.9. The van der Waals surface area contributed by atoms with Gasteiger partial charge in [0.15, 0.2) is 0 Å². The summed E-state index contributed by atoms with van der Waals surface area (Å²) >= 11 is 0. The van der Waals surface area contributed by atoms with E-state index in [2.05, 4.69) is 0 Å². The van der Waals surface area contributed by atoms with Crippen LogP contribution in [0.2, 0.25) is 0 Å². The van der Waals surface area contributed by atoms with E-state index in [0.29, 0.717) is 13.0 Å². The molecule has 1 saturated heterocycles. The van der Waals surface area contributed by atoms with Crippen LogP contribution in [0.25, 0.3) is 6.08 Å². The molecule has 146 valence electrons. The van der Waals surface area contributed by atoms with Gasteiger partial charge in [0.2, 0.25) is 5.91 Å². The SMILES string of the molecule is O=C(/C=C/c1ccccc1)N1CC[C@]2(O)CCCC[C@H]2[C@@H]1c1ccc(F)cc1. The number of hydrogen-bond donors (Lipinski definition) is 1. The third-order valence-corrected chi connectivity index (χ3v) is 6.28. The van der Waals surface area contributed by atoms with Gasteiger partial charge in [-0.05, 0) is 48.6 Å². The van der Waals surface area contributed by atoms with E-state index in [0.717, 1.165) is 36.8 Å². The summed E-state index contributed by atoms with van der Waals surface area (Å²) in [5.41, 5.74) is 1.13. The molecule has 3 nitrogen and oxygen atoms in total. The van der Waals surface area contributed by atoms with E-state index >= 15 is 0 Å². The lowest BCUT2D eigenvalue weighted by molar-refractivity contribution is -0.150. The van der Waals surface area contributed by atoms with Gasteiger partial charge in [-0.15, -0.1) is 0 Å². The Balaban J connectivity index is 1.65. The van der Waals surface area contributed by atoms with Crippen molar-refractivity contribution in [3.8, 4) is 0 Å². The topological polar surface area (TPSA) is 40.5 Å². The lowest BCUT2D eigenvalue weighted by atomic mass is 9.66. The number of benzene rings is 2. The van der Waals surface area contributed by atoms with Crippen LogP contribution >= 0.6 is 0 Å². The summed E-state index contributed by atoms with van der Waals surface area (Å²) in [6.07, 6.45) is 7.75. The standard InChI is InChI=1S/C24H26FNO2/c25-20-12-10-19(11-13-20)23-21-8-4-5-15-24(21,28)16-17-26(23)22(27)14-9-18-6-2-1-3-7-18/h1-3,6-7,9-14,21,23,28H,4-5,8,15-17H2/b14-9+/t21-,23-,24+/m0/s1. The van der Waals surface area contributed by atoms with Gasteiger partial charge in [-0.25, -0.2) is 4.39 Å². The van der Waals surface area contributed by atoms with Gasteiger partial charge >= 0.3 is 0 Å². The number of carbonyl (C=O) groups is 1. The van der Waals surface area contributed by atoms with E-state index in [1.54, 1.807) is 18.2 Å². The first-order valence-electron chi connectivity index (χ1n) is 10.1. The lowest BCUT2D eigenvalue weighted by Crippen LogP contribution is -2.56. The Morgan fingerprint density at radius 2 is 1.82 bits per heavy atom. The summed E-state index contributed by atoms with van der Waals surface area (Å²) in [5.74, 6) is -0.374. The maximum atomic E-state index is 13.5. The average molecular weight is 379 g/mol. The summed E-state index contributed by atoms with van der Waals surface area (Å²) in [7, 11) is 0. The molecule has 1 N–H and O–H groups in total. The van der Waals surface area contributed by atoms with E-state index in [1.807, 2.05) is 41.3 Å². The van der Waals surface area contributed by atoms with Crippen molar-refractivity contribution in [2.45, 2.75) is 43.7 Å². The molecule has 0 bridgehead atoms. The number of rotatable bonds is 3. The minimum atomic E-state index is -0.739. The van der Waals surface area contributed by atoms with Gasteiger partial charge in [-0.2, -0.15) is 0 Å². The maximum absolute atomic E-state index is 13.5. The fraction of sp³-hybridized carbons (Fsp3) is 0.375. The molecule has 1 aliphatic carbocycles. The number of piperidine rings is 1. The molecular formula is C24H26FNO2. The molecule has 3 atom stereocenters. The smallest absolute Gasteiger partial charge is 0.247 e. The second-order valence-electron chi connectivity index (χ2n) is 7.98. The largest absolute Gasteiger partial charge is 0.389 e. The fourth-order valence-corrected chi connectivity index (χ4v) is 4.83. The normalized spacial score (nSPS) is 27.6. The Hall–Kier alpha value is -2.46. The van der Waals surface area contributed by atoms with Gasteiger partial charge in [0.1, 0.15) is 5.82 Å². The number of hydrogen-bond acceptors (Lipinski definition) is 2. The van der Waals surface area contributed by atoms with Crippen LogP contribution in [0.3, 0.4) is 0 Å². The van der Waals surface area contributed by atoms with E-state index in [1.165, 1.54) is 12.1 Å². The number of amides is 1. The van der Waals surface area contributed by atoms with E-state index in [-0.39, 0.29) is 23.7 Å². The highest BCUT2D eigenvalue weighted by Gasteiger charge is 2.49. The van der Waals surface area contributed by atoms with Crippen LogP contribution in [-0.2, 0) is 4.79 Å². The number of aliphatic hydroxyl groups is 1. The number of halogens is 1. The van der Waals surface area contributed by atoms with Crippen molar-refractivity contribution < 1.29 is 14.3 Å². The molecule has 0 aromatic heterocycles. The molecular weight excluding hydrogens is 353 g/mol. The highest BCUT2D eigenvalue weighted by Crippen LogP contribution is 2.49. The molecule has 4 rings (SSSR count). The van der Waals surface area contributed by atoms with Crippen LogP contribution in [-0.4, -0.2) is 28.1 Å². The van der Waals surface area contributed by atoms with Crippen LogP contribution in [0.1, 0.15) is 49.3 Å². The van der Waals surface area contributed by atoms with Crippen molar-refractivity contribution >= 4 is 12.0 Å². The first-order valence-corrected chi connectivity index (χ1v) is 10.1. The van der Waals surface area contributed by atoms with E-state index in [4.69, 9.17) is 0 Å². The van der Waals surface area contributed by atoms with Gasteiger partial charge in [0, 0.05) is 18.5 Å². The zero-order chi connectivity index (χ0) is 19.6. The van der Waals surface area contributed by atoms with Crippen molar-refractivity contribution in [1.82, 2.24) is 4.90 Å². The first-order chi connectivity index (χ1) is 13.6. The summed E-state index contributed by atoms with van der Waals surface area (Å²) < 4.78 is 13.5. The molecule has 2 fully saturated rings. The van der Waals surface area contributed by atoms with Gasteiger partial charge in [-0.1, -0.05) is 55.3 Å². The second kappa shape index (κ2) is 7.88. The molecule has 2 aromatic rings.